The Labute approximate surface area is 239 Å². The minimum atomic E-state index is -5.02. The maximum Gasteiger partial charge on any atom is 0.416 e. The Bertz CT molecular complexity index is 1280. The highest BCUT2D eigenvalue weighted by Gasteiger charge is 2.56. The van der Waals surface area contributed by atoms with E-state index in [1.807, 2.05) is 25.1 Å². The number of piperazine rings is 1. The third kappa shape index (κ3) is 6.07. The zero-order chi connectivity index (χ0) is 31.0. The molecule has 13 heteroatoms. The van der Waals surface area contributed by atoms with Gasteiger partial charge in [-0.1, -0.05) is 24.3 Å². The number of benzene rings is 2. The monoisotopic (exact) mass is 601 g/mol. The van der Waals surface area contributed by atoms with E-state index in [1.165, 1.54) is 11.9 Å². The van der Waals surface area contributed by atoms with Crippen molar-refractivity contribution in [3.05, 3.63) is 70.3 Å². The van der Waals surface area contributed by atoms with Gasteiger partial charge in [0.25, 0.3) is 0 Å². The number of hydrogen-bond donors (Lipinski definition) is 2. The van der Waals surface area contributed by atoms with Crippen LogP contribution in [0, 0.1) is 12.3 Å². The molecule has 2 saturated heterocycles. The second-order valence-corrected chi connectivity index (χ2v) is 11.0. The summed E-state index contributed by atoms with van der Waals surface area (Å²) >= 11 is 0. The molecule has 2 aliphatic rings. The van der Waals surface area contributed by atoms with Crippen molar-refractivity contribution in [3.63, 3.8) is 0 Å². The molecule has 0 radical (unpaired) electrons. The third-order valence-electron chi connectivity index (χ3n) is 8.32. The lowest BCUT2D eigenvalue weighted by molar-refractivity contribution is -0.143. The average Bonchev–Trinajstić information content (AvgIpc) is 3.18. The number of rotatable bonds is 7. The number of aliphatic hydroxyl groups is 2. The first kappa shape index (κ1) is 31.6. The van der Waals surface area contributed by atoms with Gasteiger partial charge in [0, 0.05) is 39.9 Å². The standard InChI is InChI=1S/C29H33F6N3O4/c1-18-5-3-4-6-22(18)24-23-16-27(7-11-39,8-12-40)25(41)37(23)9-10-38(24)26(42)36(2)17-19-13-20(28(30,31)32)15-21(14-19)29(33,34)35/h3-6,13-15,23-24,39-40H,7-12,16-17H2,1-2H3/t23?,24-/m0/s1. The van der Waals surface area contributed by atoms with E-state index >= 15 is 0 Å². The fourth-order valence-electron chi connectivity index (χ4n) is 6.32. The van der Waals surface area contributed by atoms with Gasteiger partial charge in [0.15, 0.2) is 0 Å². The molecule has 0 saturated carbocycles. The van der Waals surface area contributed by atoms with Gasteiger partial charge in [0.05, 0.1) is 28.6 Å². The minimum absolute atomic E-state index is 0.0425. The molecule has 0 bridgehead atoms. The van der Waals surface area contributed by atoms with Gasteiger partial charge >= 0.3 is 18.4 Å². The van der Waals surface area contributed by atoms with E-state index in [0.717, 1.165) is 16.0 Å². The number of halogens is 6. The molecule has 4 rings (SSSR count). The molecule has 2 aliphatic heterocycles. The molecule has 1 unspecified atom stereocenters. The van der Waals surface area contributed by atoms with Gasteiger partial charge in [0.1, 0.15) is 0 Å². The number of amides is 3. The average molecular weight is 602 g/mol. The second kappa shape index (κ2) is 11.8. The Balaban J connectivity index is 1.70. The molecular formula is C29H33F6N3O4. The predicted molar refractivity (Wildman–Crippen MR) is 140 cm³/mol. The Morgan fingerprint density at radius 1 is 0.976 bits per heavy atom. The van der Waals surface area contributed by atoms with E-state index < -0.39 is 53.6 Å². The van der Waals surface area contributed by atoms with E-state index in [1.54, 1.807) is 11.0 Å². The highest BCUT2D eigenvalue weighted by molar-refractivity contribution is 5.86. The van der Waals surface area contributed by atoms with E-state index in [4.69, 9.17) is 0 Å². The van der Waals surface area contributed by atoms with Crippen LogP contribution in [0.25, 0.3) is 0 Å². The molecular weight excluding hydrogens is 568 g/mol. The zero-order valence-corrected chi connectivity index (χ0v) is 23.2. The van der Waals surface area contributed by atoms with E-state index in [2.05, 4.69) is 0 Å². The van der Waals surface area contributed by atoms with Gasteiger partial charge in [-0.25, -0.2) is 4.79 Å². The summed E-state index contributed by atoms with van der Waals surface area (Å²) in [7, 11) is 1.30. The van der Waals surface area contributed by atoms with Crippen LogP contribution < -0.4 is 0 Å². The van der Waals surface area contributed by atoms with Crippen LogP contribution in [0.1, 0.15) is 53.1 Å². The predicted octanol–water partition coefficient (Wildman–Crippen LogP) is 4.99. The first-order valence-corrected chi connectivity index (χ1v) is 13.5. The van der Waals surface area contributed by atoms with Crippen molar-refractivity contribution in [1.29, 1.82) is 0 Å². The lowest BCUT2D eigenvalue weighted by atomic mass is 9.77. The molecule has 0 spiro atoms. The summed E-state index contributed by atoms with van der Waals surface area (Å²) in [5.74, 6) is -0.224. The maximum absolute atomic E-state index is 13.9. The van der Waals surface area contributed by atoms with Crippen molar-refractivity contribution in [3.8, 4) is 0 Å². The highest BCUT2D eigenvalue weighted by atomic mass is 19.4. The molecule has 2 aromatic carbocycles. The molecule has 2 aromatic rings. The van der Waals surface area contributed by atoms with Crippen molar-refractivity contribution in [1.82, 2.24) is 14.7 Å². The number of alkyl halides is 6. The molecule has 230 valence electrons. The Kier molecular flexibility index (Phi) is 8.85. The SMILES string of the molecule is Cc1ccccc1[C@H]1C2CC(CCO)(CCO)C(=O)N2CCN1C(=O)N(C)Cc1cc(C(F)(F)F)cc(C(F)(F)F)c1. The molecule has 2 fully saturated rings. The van der Waals surface area contributed by atoms with E-state index in [0.29, 0.717) is 12.1 Å². The summed E-state index contributed by atoms with van der Waals surface area (Å²) in [6.45, 7) is 0.983. The van der Waals surface area contributed by atoms with Crippen molar-refractivity contribution < 1.29 is 46.1 Å². The number of carbonyl (C=O) groups is 2. The highest BCUT2D eigenvalue weighted by Crippen LogP contribution is 2.49. The van der Waals surface area contributed by atoms with E-state index in [-0.39, 0.29) is 63.1 Å². The van der Waals surface area contributed by atoms with Gasteiger partial charge in [-0.3, -0.25) is 4.79 Å². The summed E-state index contributed by atoms with van der Waals surface area (Å²) in [5, 5.41) is 19.5. The number of hydrogen-bond acceptors (Lipinski definition) is 4. The van der Waals surface area contributed by atoms with Gasteiger partial charge in [-0.2, -0.15) is 26.3 Å². The first-order chi connectivity index (χ1) is 19.6. The van der Waals surface area contributed by atoms with Crippen LogP contribution in [0.4, 0.5) is 31.1 Å². The summed E-state index contributed by atoms with van der Waals surface area (Å²) in [4.78, 5) is 31.7. The van der Waals surface area contributed by atoms with Gasteiger partial charge in [-0.15, -0.1) is 0 Å². The van der Waals surface area contributed by atoms with Crippen LogP contribution >= 0.6 is 0 Å². The Morgan fingerprint density at radius 3 is 2.07 bits per heavy atom. The topological polar surface area (TPSA) is 84.3 Å². The number of fused-ring (bicyclic) bond motifs is 1. The lowest BCUT2D eigenvalue weighted by Crippen LogP contribution is -2.57. The van der Waals surface area contributed by atoms with Crippen molar-refractivity contribution >= 4 is 11.9 Å². The quantitative estimate of drug-likeness (QED) is 0.438. The molecule has 7 nitrogen and oxygen atoms in total. The molecule has 0 aliphatic carbocycles. The molecule has 0 aromatic heterocycles. The third-order valence-corrected chi connectivity index (χ3v) is 8.32. The molecule has 2 N–H and O–H groups in total. The smallest absolute Gasteiger partial charge is 0.396 e. The Hall–Kier alpha value is -3.32. The van der Waals surface area contributed by atoms with Crippen LogP contribution in [-0.4, -0.2) is 76.2 Å². The van der Waals surface area contributed by atoms with Crippen molar-refractivity contribution in [2.75, 3.05) is 33.4 Å². The Morgan fingerprint density at radius 2 is 1.55 bits per heavy atom. The summed E-state index contributed by atoms with van der Waals surface area (Å²) < 4.78 is 80.5. The van der Waals surface area contributed by atoms with Gasteiger partial charge in [0.2, 0.25) is 5.91 Å². The maximum atomic E-state index is 13.9. The van der Waals surface area contributed by atoms with Crippen LogP contribution in [0.3, 0.4) is 0 Å². The summed E-state index contributed by atoms with van der Waals surface area (Å²) in [6.07, 6.45) is -9.53. The molecule has 42 heavy (non-hydrogen) atoms. The first-order valence-electron chi connectivity index (χ1n) is 13.5. The van der Waals surface area contributed by atoms with Crippen molar-refractivity contribution in [2.45, 2.75) is 57.2 Å². The number of aliphatic hydroxyl groups excluding tert-OH is 2. The molecule has 2 heterocycles. The number of nitrogens with zero attached hydrogens (tertiary/aromatic N) is 3. The lowest BCUT2D eigenvalue weighted by Gasteiger charge is -2.46. The summed E-state index contributed by atoms with van der Waals surface area (Å²) in [6, 6.07) is 6.67. The van der Waals surface area contributed by atoms with Gasteiger partial charge < -0.3 is 24.9 Å². The second-order valence-electron chi connectivity index (χ2n) is 11.0. The van der Waals surface area contributed by atoms with Crippen LogP contribution in [-0.2, 0) is 23.7 Å². The number of urea groups is 1. The minimum Gasteiger partial charge on any atom is -0.396 e. The zero-order valence-electron chi connectivity index (χ0n) is 23.2. The van der Waals surface area contributed by atoms with Crippen LogP contribution in [0.5, 0.6) is 0 Å². The van der Waals surface area contributed by atoms with E-state index in [9.17, 15) is 46.1 Å². The van der Waals surface area contributed by atoms with Gasteiger partial charge in [-0.05, 0) is 61.1 Å². The normalized spacial score (nSPS) is 20.6. The number of carbonyl (C=O) groups excluding carboxylic acids is 2. The fraction of sp³-hybridized carbons (Fsp3) is 0.517. The fourth-order valence-corrected chi connectivity index (χ4v) is 6.32. The largest absolute Gasteiger partial charge is 0.416 e. The number of aryl methyl sites for hydroxylation is 1. The van der Waals surface area contributed by atoms with Crippen LogP contribution in [0.2, 0.25) is 0 Å². The van der Waals surface area contributed by atoms with Crippen molar-refractivity contribution in [2.24, 2.45) is 5.41 Å². The summed E-state index contributed by atoms with van der Waals surface area (Å²) in [5.41, 5.74) is -2.72. The molecule has 3 amide bonds. The van der Waals surface area contributed by atoms with Crippen LogP contribution in [0.15, 0.2) is 42.5 Å². The molecule has 2 atom stereocenters.